The normalized spacial score (nSPS) is 10.9. The molecule has 2 N–H and O–H groups in total. The highest BCUT2D eigenvalue weighted by atomic mass is 32.1. The van der Waals surface area contributed by atoms with Gasteiger partial charge in [-0.25, -0.2) is 4.98 Å². The summed E-state index contributed by atoms with van der Waals surface area (Å²) in [5.41, 5.74) is 7.44. The predicted molar refractivity (Wildman–Crippen MR) is 104 cm³/mol. The minimum Gasteiger partial charge on any atom is -0.487 e. The van der Waals surface area contributed by atoms with Gasteiger partial charge in [0.2, 0.25) is 0 Å². The van der Waals surface area contributed by atoms with E-state index in [0.717, 1.165) is 16.2 Å². The molecule has 0 aliphatic rings. The molecule has 0 aliphatic heterocycles. The highest BCUT2D eigenvalue weighted by Gasteiger charge is 2.20. The summed E-state index contributed by atoms with van der Waals surface area (Å²) in [6.07, 6.45) is 3.58. The third-order valence-electron chi connectivity index (χ3n) is 4.16. The number of amides is 1. The van der Waals surface area contributed by atoms with Crippen LogP contribution in [0.4, 0.5) is 5.69 Å². The number of pyridine rings is 1. The summed E-state index contributed by atoms with van der Waals surface area (Å²) in [4.78, 5) is 27.9. The van der Waals surface area contributed by atoms with Crippen molar-refractivity contribution in [3.05, 3.63) is 81.5 Å². The molecule has 4 aromatic rings. The first-order valence-electron chi connectivity index (χ1n) is 8.26. The molecule has 9 heteroatoms. The fraction of sp³-hybridized carbons (Fsp3) is 0.0526. The van der Waals surface area contributed by atoms with E-state index in [2.05, 4.69) is 4.98 Å². The molecule has 3 aromatic heterocycles. The van der Waals surface area contributed by atoms with E-state index < -0.39 is 10.8 Å². The minimum absolute atomic E-state index is 0.0413. The molecule has 0 saturated heterocycles. The zero-order valence-corrected chi connectivity index (χ0v) is 15.3. The molecule has 1 amide bonds. The number of carbonyl (C=O) groups excluding carboxylic acids is 1. The predicted octanol–water partition coefficient (Wildman–Crippen LogP) is 3.65. The summed E-state index contributed by atoms with van der Waals surface area (Å²) in [6.45, 7) is -0.0548. The summed E-state index contributed by atoms with van der Waals surface area (Å²) in [7, 11) is 0. The Hall–Kier alpha value is -3.72. The number of nitrogens with zero attached hydrogens (tertiary/aromatic N) is 3. The minimum atomic E-state index is -0.623. The highest BCUT2D eigenvalue weighted by Crippen LogP contribution is 2.37. The Kier molecular flexibility index (Phi) is 4.50. The number of para-hydroxylation sites is 1. The van der Waals surface area contributed by atoms with Crippen LogP contribution in [0.25, 0.3) is 16.2 Å². The van der Waals surface area contributed by atoms with E-state index in [0.29, 0.717) is 5.56 Å². The number of carbonyl (C=O) groups is 1. The van der Waals surface area contributed by atoms with E-state index in [1.807, 2.05) is 28.8 Å². The van der Waals surface area contributed by atoms with Crippen molar-refractivity contribution in [1.82, 2.24) is 9.38 Å². The van der Waals surface area contributed by atoms with Crippen molar-refractivity contribution in [1.29, 1.82) is 0 Å². The molecule has 0 radical (unpaired) electrons. The Morgan fingerprint density at radius 2 is 2.04 bits per heavy atom. The second-order valence-electron chi connectivity index (χ2n) is 5.92. The van der Waals surface area contributed by atoms with Gasteiger partial charge in [0.05, 0.1) is 27.3 Å². The summed E-state index contributed by atoms with van der Waals surface area (Å²) < 4.78 is 7.63. The van der Waals surface area contributed by atoms with Crippen LogP contribution in [0.5, 0.6) is 5.75 Å². The standard InChI is InChI=1S/C19H14N4O4S/c20-19(24)18-15(27-11-12-5-1-2-6-13(12)23(25)26)9-16(28-18)14-10-21-17-7-3-4-8-22(14)17/h1-10H,11H2,(H2,20,24). The van der Waals surface area contributed by atoms with Gasteiger partial charge < -0.3 is 10.5 Å². The summed E-state index contributed by atoms with van der Waals surface area (Å²) in [6, 6.07) is 13.6. The molecule has 4 rings (SSSR count). The fourth-order valence-electron chi connectivity index (χ4n) is 2.86. The zero-order valence-electron chi connectivity index (χ0n) is 14.4. The van der Waals surface area contributed by atoms with E-state index in [1.165, 1.54) is 17.4 Å². The molecular formula is C19H14N4O4S. The van der Waals surface area contributed by atoms with Crippen molar-refractivity contribution in [3.63, 3.8) is 0 Å². The highest BCUT2D eigenvalue weighted by molar-refractivity contribution is 7.17. The van der Waals surface area contributed by atoms with Crippen LogP contribution in [0.2, 0.25) is 0 Å². The molecule has 0 saturated carbocycles. The monoisotopic (exact) mass is 394 g/mol. The number of ether oxygens (including phenoxy) is 1. The van der Waals surface area contributed by atoms with Gasteiger partial charge in [-0.3, -0.25) is 19.3 Å². The third-order valence-corrected chi connectivity index (χ3v) is 5.32. The van der Waals surface area contributed by atoms with Crippen molar-refractivity contribution in [3.8, 4) is 16.3 Å². The van der Waals surface area contributed by atoms with Gasteiger partial charge in [-0.05, 0) is 18.2 Å². The lowest BCUT2D eigenvalue weighted by molar-refractivity contribution is -0.385. The van der Waals surface area contributed by atoms with Crippen LogP contribution >= 0.6 is 11.3 Å². The molecule has 0 atom stereocenters. The topological polar surface area (TPSA) is 113 Å². The van der Waals surface area contributed by atoms with Crippen molar-refractivity contribution >= 4 is 28.6 Å². The zero-order chi connectivity index (χ0) is 19.7. The van der Waals surface area contributed by atoms with Gasteiger partial charge >= 0.3 is 0 Å². The molecule has 0 bridgehead atoms. The second-order valence-corrected chi connectivity index (χ2v) is 6.97. The van der Waals surface area contributed by atoms with Crippen LogP contribution in [-0.2, 0) is 6.61 Å². The first kappa shape index (κ1) is 17.7. The van der Waals surface area contributed by atoms with Gasteiger partial charge in [0.1, 0.15) is 22.9 Å². The quantitative estimate of drug-likeness (QED) is 0.396. The lowest BCUT2D eigenvalue weighted by atomic mass is 10.2. The van der Waals surface area contributed by atoms with Gasteiger partial charge in [-0.2, -0.15) is 0 Å². The number of nitro groups is 1. The molecule has 0 unspecified atom stereocenters. The summed E-state index contributed by atoms with van der Waals surface area (Å²) in [5, 5.41) is 11.2. The Morgan fingerprint density at radius 1 is 1.25 bits per heavy atom. The van der Waals surface area contributed by atoms with E-state index >= 15 is 0 Å². The van der Waals surface area contributed by atoms with Crippen LogP contribution in [0.3, 0.4) is 0 Å². The van der Waals surface area contributed by atoms with E-state index in [1.54, 1.807) is 30.5 Å². The van der Waals surface area contributed by atoms with Crippen LogP contribution in [0.15, 0.2) is 60.9 Å². The molecule has 28 heavy (non-hydrogen) atoms. The maximum Gasteiger partial charge on any atom is 0.276 e. The van der Waals surface area contributed by atoms with Crippen LogP contribution < -0.4 is 10.5 Å². The number of thiophene rings is 1. The van der Waals surface area contributed by atoms with E-state index in [-0.39, 0.29) is 22.9 Å². The Balaban J connectivity index is 1.68. The number of primary amides is 1. The number of benzene rings is 1. The maximum atomic E-state index is 11.9. The van der Waals surface area contributed by atoms with Gasteiger partial charge in [0, 0.05) is 18.3 Å². The molecule has 8 nitrogen and oxygen atoms in total. The summed E-state index contributed by atoms with van der Waals surface area (Å²) in [5.74, 6) is -0.334. The Morgan fingerprint density at radius 3 is 2.82 bits per heavy atom. The molecular weight excluding hydrogens is 380 g/mol. The first-order chi connectivity index (χ1) is 13.5. The number of hydrogen-bond acceptors (Lipinski definition) is 6. The van der Waals surface area contributed by atoms with Gasteiger partial charge in [0.25, 0.3) is 11.6 Å². The molecule has 3 heterocycles. The van der Waals surface area contributed by atoms with Gasteiger partial charge in [-0.1, -0.05) is 18.2 Å². The van der Waals surface area contributed by atoms with E-state index in [9.17, 15) is 14.9 Å². The smallest absolute Gasteiger partial charge is 0.276 e. The number of hydrogen-bond donors (Lipinski definition) is 1. The number of aromatic nitrogens is 2. The lowest BCUT2D eigenvalue weighted by Gasteiger charge is -2.06. The van der Waals surface area contributed by atoms with Crippen molar-refractivity contribution in [2.45, 2.75) is 6.61 Å². The van der Waals surface area contributed by atoms with Gasteiger partial charge in [-0.15, -0.1) is 11.3 Å². The Labute approximate surface area is 163 Å². The first-order valence-corrected chi connectivity index (χ1v) is 9.07. The number of nitro benzene ring substituents is 1. The fourth-order valence-corrected chi connectivity index (χ4v) is 3.82. The van der Waals surface area contributed by atoms with Crippen molar-refractivity contribution in [2.24, 2.45) is 5.73 Å². The average Bonchev–Trinajstić information content (AvgIpc) is 3.30. The van der Waals surface area contributed by atoms with Crippen LogP contribution in [-0.4, -0.2) is 20.2 Å². The average molecular weight is 394 g/mol. The number of imidazole rings is 1. The lowest BCUT2D eigenvalue weighted by Crippen LogP contribution is -2.10. The largest absolute Gasteiger partial charge is 0.487 e. The van der Waals surface area contributed by atoms with Gasteiger partial charge in [0.15, 0.2) is 0 Å². The number of rotatable bonds is 6. The number of nitrogens with two attached hydrogens (primary N) is 1. The molecule has 1 aromatic carbocycles. The van der Waals surface area contributed by atoms with Crippen LogP contribution in [0, 0.1) is 10.1 Å². The molecule has 0 fully saturated rings. The SMILES string of the molecule is NC(=O)c1sc(-c2cnc3ccccn23)cc1OCc1ccccc1[N+](=O)[O-]. The van der Waals surface area contributed by atoms with Crippen LogP contribution in [0.1, 0.15) is 15.2 Å². The van der Waals surface area contributed by atoms with Crippen molar-refractivity contribution < 1.29 is 14.5 Å². The second kappa shape index (κ2) is 7.12. The molecule has 0 aliphatic carbocycles. The maximum absolute atomic E-state index is 11.9. The number of fused-ring (bicyclic) bond motifs is 1. The Bertz CT molecular complexity index is 1200. The third kappa shape index (κ3) is 3.19. The summed E-state index contributed by atoms with van der Waals surface area (Å²) >= 11 is 1.19. The molecule has 140 valence electrons. The van der Waals surface area contributed by atoms with Crippen molar-refractivity contribution in [2.75, 3.05) is 0 Å². The van der Waals surface area contributed by atoms with E-state index in [4.69, 9.17) is 10.5 Å². The molecule has 0 spiro atoms.